The number of allylic oxidation sites excluding steroid dienone is 2. The molecule has 1 aliphatic rings. The lowest BCUT2D eigenvalue weighted by atomic mass is 9.99. The van der Waals surface area contributed by atoms with Crippen molar-refractivity contribution in [2.24, 2.45) is 0 Å². The molecule has 0 bridgehead atoms. The van der Waals surface area contributed by atoms with E-state index in [0.717, 1.165) is 11.9 Å². The van der Waals surface area contributed by atoms with Crippen molar-refractivity contribution in [3.8, 4) is 0 Å². The lowest BCUT2D eigenvalue weighted by molar-refractivity contribution is -0.300. The maximum absolute atomic E-state index is 10.5. The summed E-state index contributed by atoms with van der Waals surface area (Å²) >= 11 is 0. The van der Waals surface area contributed by atoms with E-state index in [9.17, 15) is 20.1 Å². The third-order valence-corrected chi connectivity index (χ3v) is 3.74. The first-order valence-electron chi connectivity index (χ1n) is 7.61. The average molecular weight is 330 g/mol. The van der Waals surface area contributed by atoms with Crippen LogP contribution in [0.15, 0.2) is 23.8 Å². The second-order valence-corrected chi connectivity index (χ2v) is 5.67. The molecule has 1 fully saturated rings. The summed E-state index contributed by atoms with van der Waals surface area (Å²) in [5, 5.41) is 38.2. The predicted molar refractivity (Wildman–Crippen MR) is 82.5 cm³/mol. The summed E-state index contributed by atoms with van der Waals surface area (Å²) in [6, 6.07) is 0. The van der Waals surface area contributed by atoms with E-state index < -0.39 is 37.3 Å². The monoisotopic (exact) mass is 330 g/mol. The Morgan fingerprint density at radius 3 is 2.52 bits per heavy atom. The normalized spacial score (nSPS) is 31.9. The van der Waals surface area contributed by atoms with E-state index in [2.05, 4.69) is 6.58 Å². The maximum atomic E-state index is 10.5. The van der Waals surface area contributed by atoms with Gasteiger partial charge in [0.2, 0.25) is 0 Å². The van der Waals surface area contributed by atoms with Crippen LogP contribution in [-0.2, 0) is 14.3 Å². The summed E-state index contributed by atoms with van der Waals surface area (Å²) in [6.45, 7) is 5.37. The number of hydrogen-bond donors (Lipinski definition) is 4. The number of ether oxygens (including phenoxy) is 2. The van der Waals surface area contributed by atoms with Gasteiger partial charge >= 0.3 is 0 Å². The lowest BCUT2D eigenvalue weighted by Gasteiger charge is -2.39. The van der Waals surface area contributed by atoms with Crippen molar-refractivity contribution in [2.75, 3.05) is 13.2 Å². The van der Waals surface area contributed by atoms with Crippen LogP contribution < -0.4 is 0 Å². The zero-order valence-corrected chi connectivity index (χ0v) is 13.3. The molecule has 1 rings (SSSR count). The van der Waals surface area contributed by atoms with Gasteiger partial charge in [-0.1, -0.05) is 18.2 Å². The molecule has 7 nitrogen and oxygen atoms in total. The van der Waals surface area contributed by atoms with Crippen molar-refractivity contribution in [2.45, 2.75) is 56.9 Å². The van der Waals surface area contributed by atoms with Crippen molar-refractivity contribution in [3.63, 3.8) is 0 Å². The standard InChI is InChI=1S/C16H26O7/c1-10(4-3-5-11(2)8-17)6-7-22-16-15(21)14(20)13(19)12(9-18)23-16/h5,8,12-16,18-21H,1,3-4,6-7,9H2,2H3/b11-5+/t12-,13-,14+,15-,16-/m1/s1. The summed E-state index contributed by atoms with van der Waals surface area (Å²) in [6.07, 6.45) is -1.73. The van der Waals surface area contributed by atoms with E-state index in [0.29, 0.717) is 24.8 Å². The van der Waals surface area contributed by atoms with E-state index in [4.69, 9.17) is 14.6 Å². The van der Waals surface area contributed by atoms with Gasteiger partial charge in [0, 0.05) is 0 Å². The van der Waals surface area contributed by atoms with E-state index in [1.807, 2.05) is 6.08 Å². The first-order chi connectivity index (χ1) is 10.9. The van der Waals surface area contributed by atoms with Gasteiger partial charge in [-0.25, -0.2) is 0 Å². The van der Waals surface area contributed by atoms with Crippen LogP contribution >= 0.6 is 0 Å². The Kier molecular flexibility index (Phi) is 8.60. The summed E-state index contributed by atoms with van der Waals surface area (Å²) in [5.74, 6) is 0. The van der Waals surface area contributed by atoms with E-state index in [1.165, 1.54) is 0 Å². The van der Waals surface area contributed by atoms with Crippen LogP contribution in [0.5, 0.6) is 0 Å². The predicted octanol–water partition coefficient (Wildman–Crippen LogP) is -0.325. The highest BCUT2D eigenvalue weighted by Crippen LogP contribution is 2.22. The zero-order valence-electron chi connectivity index (χ0n) is 13.3. The highest BCUT2D eigenvalue weighted by Gasteiger charge is 2.43. The molecule has 5 atom stereocenters. The summed E-state index contributed by atoms with van der Waals surface area (Å²) in [5.41, 5.74) is 1.60. The molecule has 0 aromatic rings. The highest BCUT2D eigenvalue weighted by atomic mass is 16.7. The van der Waals surface area contributed by atoms with Crippen LogP contribution in [-0.4, -0.2) is 70.6 Å². The number of hydrogen-bond acceptors (Lipinski definition) is 7. The fourth-order valence-corrected chi connectivity index (χ4v) is 2.20. The summed E-state index contributed by atoms with van der Waals surface area (Å²) < 4.78 is 10.6. The molecule has 23 heavy (non-hydrogen) atoms. The Hall–Kier alpha value is -1.09. The molecule has 132 valence electrons. The smallest absolute Gasteiger partial charge is 0.186 e. The second kappa shape index (κ2) is 9.92. The fourth-order valence-electron chi connectivity index (χ4n) is 2.20. The summed E-state index contributed by atoms with van der Waals surface area (Å²) in [4.78, 5) is 10.5. The number of rotatable bonds is 9. The van der Waals surface area contributed by atoms with Gasteiger partial charge in [-0.2, -0.15) is 0 Å². The number of aliphatic hydroxyl groups is 4. The van der Waals surface area contributed by atoms with E-state index in [-0.39, 0.29) is 6.61 Å². The van der Waals surface area contributed by atoms with Crippen molar-refractivity contribution in [1.82, 2.24) is 0 Å². The fraction of sp³-hybridized carbons (Fsp3) is 0.688. The third-order valence-electron chi connectivity index (χ3n) is 3.74. The minimum atomic E-state index is -1.44. The molecule has 1 saturated heterocycles. The molecular formula is C16H26O7. The van der Waals surface area contributed by atoms with Crippen molar-refractivity contribution in [1.29, 1.82) is 0 Å². The quantitative estimate of drug-likeness (QED) is 0.260. The Labute approximate surface area is 135 Å². The van der Waals surface area contributed by atoms with E-state index in [1.54, 1.807) is 6.92 Å². The number of aliphatic hydroxyl groups excluding tert-OH is 4. The highest BCUT2D eigenvalue weighted by molar-refractivity contribution is 5.71. The second-order valence-electron chi connectivity index (χ2n) is 5.67. The molecule has 0 aromatic heterocycles. The molecule has 1 heterocycles. The zero-order chi connectivity index (χ0) is 17.4. The minimum Gasteiger partial charge on any atom is -0.394 e. The Morgan fingerprint density at radius 2 is 1.91 bits per heavy atom. The van der Waals surface area contributed by atoms with Crippen LogP contribution in [0.4, 0.5) is 0 Å². The molecule has 0 amide bonds. The Morgan fingerprint density at radius 1 is 1.22 bits per heavy atom. The first kappa shape index (κ1) is 20.0. The van der Waals surface area contributed by atoms with Crippen LogP contribution in [0.3, 0.4) is 0 Å². The van der Waals surface area contributed by atoms with Gasteiger partial charge in [-0.15, -0.1) is 0 Å². The van der Waals surface area contributed by atoms with Crippen molar-refractivity contribution < 1.29 is 34.7 Å². The molecule has 0 aromatic carbocycles. The third kappa shape index (κ3) is 6.14. The van der Waals surface area contributed by atoms with Gasteiger partial charge in [-0.3, -0.25) is 4.79 Å². The van der Waals surface area contributed by atoms with Gasteiger partial charge in [0.25, 0.3) is 0 Å². The SMILES string of the molecule is C=C(CC/C=C(\C)C=O)CCO[C@@H]1O[C@H](CO)[C@@H](O)[C@H](O)[C@H]1O. The molecule has 4 N–H and O–H groups in total. The van der Waals surface area contributed by atoms with E-state index >= 15 is 0 Å². The first-order valence-corrected chi connectivity index (χ1v) is 7.61. The lowest BCUT2D eigenvalue weighted by Crippen LogP contribution is -2.59. The van der Waals surface area contributed by atoms with Gasteiger partial charge in [0.15, 0.2) is 6.29 Å². The molecule has 0 aliphatic carbocycles. The minimum absolute atomic E-state index is 0.220. The molecule has 0 saturated carbocycles. The Bertz CT molecular complexity index is 419. The van der Waals surface area contributed by atoms with Crippen molar-refractivity contribution in [3.05, 3.63) is 23.8 Å². The number of aldehydes is 1. The van der Waals surface area contributed by atoms with Crippen LogP contribution in [0.1, 0.15) is 26.2 Å². The molecule has 7 heteroatoms. The largest absolute Gasteiger partial charge is 0.394 e. The van der Waals surface area contributed by atoms with Gasteiger partial charge in [0.05, 0.1) is 13.2 Å². The van der Waals surface area contributed by atoms with Crippen molar-refractivity contribution >= 4 is 6.29 Å². The molecule has 0 radical (unpaired) electrons. The molecular weight excluding hydrogens is 304 g/mol. The Balaban J connectivity index is 2.34. The van der Waals surface area contributed by atoms with Crippen LogP contribution in [0, 0.1) is 0 Å². The molecule has 0 spiro atoms. The van der Waals surface area contributed by atoms with Gasteiger partial charge < -0.3 is 29.9 Å². The molecule has 1 aliphatic heterocycles. The maximum Gasteiger partial charge on any atom is 0.186 e. The van der Waals surface area contributed by atoms with Gasteiger partial charge in [-0.05, 0) is 31.8 Å². The van der Waals surface area contributed by atoms with Gasteiger partial charge in [0.1, 0.15) is 30.7 Å². The van der Waals surface area contributed by atoms with Crippen LogP contribution in [0.2, 0.25) is 0 Å². The van der Waals surface area contributed by atoms with Crippen LogP contribution in [0.25, 0.3) is 0 Å². The summed E-state index contributed by atoms with van der Waals surface area (Å²) in [7, 11) is 0. The number of carbonyl (C=O) groups excluding carboxylic acids is 1. The topological polar surface area (TPSA) is 116 Å². The molecule has 0 unspecified atom stereocenters. The average Bonchev–Trinajstić information content (AvgIpc) is 2.54. The number of carbonyl (C=O) groups is 1.